The van der Waals surface area contributed by atoms with Gasteiger partial charge in [-0.1, -0.05) is 17.7 Å². The van der Waals surface area contributed by atoms with Gasteiger partial charge in [-0.2, -0.15) is 0 Å². The molecular formula is C22H19ClN4O3S. The average molecular weight is 455 g/mol. The van der Waals surface area contributed by atoms with Crippen molar-refractivity contribution >= 4 is 51.5 Å². The standard InChI is InChI=1S/C22H19ClN4O3S/c1-12-9-13(4-6-15(12)24-19(29)11-28)22(30)27-20(18-3-2-8-31-18)21-25-16-7-5-14(23)10-17(16)26-21/h2-10,20,28H,11H2,1H3,(H,24,29)(H,25,26)(H,27,30). The molecule has 0 radical (unpaired) electrons. The Morgan fingerprint density at radius 1 is 1.23 bits per heavy atom. The number of aliphatic hydroxyl groups excluding tert-OH is 1. The average Bonchev–Trinajstić information content (AvgIpc) is 3.42. The normalized spacial score (nSPS) is 12.0. The second kappa shape index (κ2) is 8.89. The topological polar surface area (TPSA) is 107 Å². The van der Waals surface area contributed by atoms with E-state index in [9.17, 15) is 9.59 Å². The van der Waals surface area contributed by atoms with Crippen LogP contribution in [0.25, 0.3) is 11.0 Å². The van der Waals surface area contributed by atoms with Crippen LogP contribution in [0, 0.1) is 6.92 Å². The van der Waals surface area contributed by atoms with Crippen molar-refractivity contribution in [3.63, 3.8) is 0 Å². The molecule has 2 amide bonds. The van der Waals surface area contributed by atoms with E-state index >= 15 is 0 Å². The molecular weight excluding hydrogens is 436 g/mol. The van der Waals surface area contributed by atoms with E-state index in [4.69, 9.17) is 16.7 Å². The number of benzene rings is 2. The molecule has 4 aromatic rings. The summed E-state index contributed by atoms with van der Waals surface area (Å²) in [6.45, 7) is 1.18. The van der Waals surface area contributed by atoms with Gasteiger partial charge in [-0.25, -0.2) is 4.98 Å². The zero-order valence-electron chi connectivity index (χ0n) is 16.5. The first-order valence-corrected chi connectivity index (χ1v) is 10.7. The Kier molecular flexibility index (Phi) is 6.03. The number of halogens is 1. The number of amides is 2. The van der Waals surface area contributed by atoms with Gasteiger partial charge in [-0.3, -0.25) is 9.59 Å². The smallest absolute Gasteiger partial charge is 0.252 e. The summed E-state index contributed by atoms with van der Waals surface area (Å²) in [5, 5.41) is 17.1. The van der Waals surface area contributed by atoms with E-state index in [1.54, 1.807) is 37.3 Å². The maximum absolute atomic E-state index is 13.0. The van der Waals surface area contributed by atoms with Crippen LogP contribution in [0.2, 0.25) is 5.02 Å². The number of nitrogens with zero attached hydrogens (tertiary/aromatic N) is 1. The number of carbonyl (C=O) groups excluding carboxylic acids is 2. The van der Waals surface area contributed by atoms with Gasteiger partial charge >= 0.3 is 0 Å². The highest BCUT2D eigenvalue weighted by Crippen LogP contribution is 2.28. The van der Waals surface area contributed by atoms with E-state index in [2.05, 4.69) is 20.6 Å². The Bertz CT molecular complexity index is 1250. The van der Waals surface area contributed by atoms with Crippen LogP contribution < -0.4 is 10.6 Å². The lowest BCUT2D eigenvalue weighted by Gasteiger charge is -2.16. The summed E-state index contributed by atoms with van der Waals surface area (Å²) in [4.78, 5) is 33.3. The van der Waals surface area contributed by atoms with Crippen molar-refractivity contribution in [1.82, 2.24) is 15.3 Å². The molecule has 4 N–H and O–H groups in total. The summed E-state index contributed by atoms with van der Waals surface area (Å²) in [5.41, 5.74) is 3.24. The largest absolute Gasteiger partial charge is 0.387 e. The van der Waals surface area contributed by atoms with Crippen LogP contribution in [0.3, 0.4) is 0 Å². The van der Waals surface area contributed by atoms with Crippen LogP contribution in [0.1, 0.15) is 32.7 Å². The number of aliphatic hydroxyl groups is 1. The first-order valence-electron chi connectivity index (χ1n) is 9.45. The van der Waals surface area contributed by atoms with E-state index in [1.807, 2.05) is 23.6 Å². The van der Waals surface area contributed by atoms with E-state index < -0.39 is 18.6 Å². The number of hydrogen-bond donors (Lipinski definition) is 4. The van der Waals surface area contributed by atoms with E-state index in [1.165, 1.54) is 11.3 Å². The molecule has 7 nitrogen and oxygen atoms in total. The number of aromatic nitrogens is 2. The summed E-state index contributed by atoms with van der Waals surface area (Å²) in [6.07, 6.45) is 0. The van der Waals surface area contributed by atoms with Gasteiger partial charge in [0, 0.05) is 21.2 Å². The van der Waals surface area contributed by atoms with E-state index in [-0.39, 0.29) is 5.91 Å². The van der Waals surface area contributed by atoms with Gasteiger partial charge < -0.3 is 20.7 Å². The van der Waals surface area contributed by atoms with Crippen LogP contribution in [0.4, 0.5) is 5.69 Å². The molecule has 0 aliphatic carbocycles. The number of anilines is 1. The number of carbonyl (C=O) groups is 2. The predicted molar refractivity (Wildman–Crippen MR) is 122 cm³/mol. The number of hydrogen-bond acceptors (Lipinski definition) is 5. The zero-order valence-corrected chi connectivity index (χ0v) is 18.1. The van der Waals surface area contributed by atoms with Gasteiger partial charge in [0.2, 0.25) is 5.91 Å². The number of nitrogens with one attached hydrogen (secondary N) is 3. The number of rotatable bonds is 6. The number of imidazole rings is 1. The molecule has 0 bridgehead atoms. The molecule has 2 heterocycles. The Labute approximate surface area is 187 Å². The monoisotopic (exact) mass is 454 g/mol. The number of fused-ring (bicyclic) bond motifs is 1. The highest BCUT2D eigenvalue weighted by molar-refractivity contribution is 7.10. The van der Waals surface area contributed by atoms with Crippen molar-refractivity contribution < 1.29 is 14.7 Å². The van der Waals surface area contributed by atoms with Crippen molar-refractivity contribution in [3.8, 4) is 0 Å². The van der Waals surface area contributed by atoms with Gasteiger partial charge in [0.1, 0.15) is 18.5 Å². The molecule has 0 spiro atoms. The molecule has 0 fully saturated rings. The number of aryl methyl sites for hydroxylation is 1. The van der Waals surface area contributed by atoms with Gasteiger partial charge in [0.15, 0.2) is 0 Å². The van der Waals surface area contributed by atoms with Crippen molar-refractivity contribution in [2.75, 3.05) is 11.9 Å². The third-order valence-corrected chi connectivity index (χ3v) is 5.92. The molecule has 0 aliphatic rings. The highest BCUT2D eigenvalue weighted by Gasteiger charge is 2.22. The van der Waals surface area contributed by atoms with Crippen molar-refractivity contribution in [2.45, 2.75) is 13.0 Å². The summed E-state index contributed by atoms with van der Waals surface area (Å²) < 4.78 is 0. The SMILES string of the molecule is Cc1cc(C(=O)NC(c2nc3cc(Cl)ccc3[nH]2)c2cccs2)ccc1NC(=O)CO. The highest BCUT2D eigenvalue weighted by atomic mass is 35.5. The Balaban J connectivity index is 1.62. The predicted octanol–water partition coefficient (Wildman–Crippen LogP) is 4.04. The quantitative estimate of drug-likeness (QED) is 0.352. The summed E-state index contributed by atoms with van der Waals surface area (Å²) >= 11 is 7.60. The lowest BCUT2D eigenvalue weighted by Crippen LogP contribution is -2.29. The Hall–Kier alpha value is -3.20. The number of aromatic amines is 1. The molecule has 0 saturated carbocycles. The van der Waals surface area contributed by atoms with Crippen molar-refractivity contribution in [2.24, 2.45) is 0 Å². The molecule has 4 rings (SSSR count). The number of thiophene rings is 1. The van der Waals surface area contributed by atoms with E-state index in [0.29, 0.717) is 27.7 Å². The first-order chi connectivity index (χ1) is 14.9. The number of H-pyrrole nitrogens is 1. The van der Waals surface area contributed by atoms with Crippen molar-refractivity contribution in [3.05, 3.63) is 80.8 Å². The second-order valence-corrected chi connectivity index (χ2v) is 8.36. The van der Waals surface area contributed by atoms with Crippen LogP contribution in [0.15, 0.2) is 53.9 Å². The maximum Gasteiger partial charge on any atom is 0.252 e. The molecule has 31 heavy (non-hydrogen) atoms. The van der Waals surface area contributed by atoms with Crippen LogP contribution in [-0.4, -0.2) is 33.5 Å². The van der Waals surface area contributed by atoms with Crippen LogP contribution >= 0.6 is 22.9 Å². The lowest BCUT2D eigenvalue weighted by atomic mass is 10.1. The fourth-order valence-electron chi connectivity index (χ4n) is 3.21. The molecule has 9 heteroatoms. The fraction of sp³-hybridized carbons (Fsp3) is 0.136. The fourth-order valence-corrected chi connectivity index (χ4v) is 4.16. The minimum Gasteiger partial charge on any atom is -0.387 e. The van der Waals surface area contributed by atoms with Crippen molar-refractivity contribution in [1.29, 1.82) is 0 Å². The lowest BCUT2D eigenvalue weighted by molar-refractivity contribution is -0.118. The van der Waals surface area contributed by atoms with Crippen LogP contribution in [-0.2, 0) is 4.79 Å². The summed E-state index contributed by atoms with van der Waals surface area (Å²) in [7, 11) is 0. The third-order valence-electron chi connectivity index (χ3n) is 4.75. The molecule has 1 atom stereocenters. The zero-order chi connectivity index (χ0) is 22.0. The minimum absolute atomic E-state index is 0.278. The molecule has 1 unspecified atom stereocenters. The molecule has 158 valence electrons. The Morgan fingerprint density at radius 3 is 2.77 bits per heavy atom. The maximum atomic E-state index is 13.0. The molecule has 0 saturated heterocycles. The molecule has 2 aromatic carbocycles. The summed E-state index contributed by atoms with van der Waals surface area (Å²) in [5.74, 6) is -0.181. The Morgan fingerprint density at radius 2 is 2.06 bits per heavy atom. The van der Waals surface area contributed by atoms with Gasteiger partial charge in [-0.15, -0.1) is 11.3 Å². The third kappa shape index (κ3) is 4.61. The first kappa shape index (κ1) is 21.0. The van der Waals surface area contributed by atoms with E-state index in [0.717, 1.165) is 15.9 Å². The molecule has 0 aliphatic heterocycles. The minimum atomic E-state index is -0.604. The molecule has 2 aromatic heterocycles. The van der Waals surface area contributed by atoms with Gasteiger partial charge in [0.25, 0.3) is 5.91 Å². The van der Waals surface area contributed by atoms with Gasteiger partial charge in [-0.05, 0) is 60.3 Å². The van der Waals surface area contributed by atoms with Gasteiger partial charge in [0.05, 0.1) is 11.0 Å². The van der Waals surface area contributed by atoms with Crippen LogP contribution in [0.5, 0.6) is 0 Å². The second-order valence-electron chi connectivity index (χ2n) is 6.94. The summed E-state index contributed by atoms with van der Waals surface area (Å²) in [6, 6.07) is 13.7.